The third-order valence-corrected chi connectivity index (χ3v) is 4.31. The first-order valence-corrected chi connectivity index (χ1v) is 8.41. The standard InChI is InChI=1S/C18H18N6O/c25-18(15-12-19-9-10-20-15)21-14-7-5-13(6-8-14)17-23-22-16-4-2-1-3-11-24(16)17/h5-10,12H,1-4,11H2,(H,21,25). The van der Waals surface area contributed by atoms with Gasteiger partial charge in [-0.2, -0.15) is 0 Å². The van der Waals surface area contributed by atoms with E-state index >= 15 is 0 Å². The van der Waals surface area contributed by atoms with Crippen LogP contribution in [0.5, 0.6) is 0 Å². The van der Waals surface area contributed by atoms with Gasteiger partial charge in [-0.05, 0) is 37.1 Å². The Morgan fingerprint density at radius 3 is 2.72 bits per heavy atom. The quantitative estimate of drug-likeness (QED) is 0.796. The Hall–Kier alpha value is -3.09. The molecule has 1 aliphatic heterocycles. The number of anilines is 1. The van der Waals surface area contributed by atoms with Gasteiger partial charge in [0.15, 0.2) is 5.82 Å². The molecule has 0 spiro atoms. The van der Waals surface area contributed by atoms with Crippen molar-refractivity contribution in [3.8, 4) is 11.4 Å². The molecule has 0 radical (unpaired) electrons. The van der Waals surface area contributed by atoms with Crippen LogP contribution >= 0.6 is 0 Å². The first-order valence-electron chi connectivity index (χ1n) is 8.41. The van der Waals surface area contributed by atoms with Crippen LogP contribution in [-0.4, -0.2) is 30.6 Å². The molecule has 4 rings (SSSR count). The molecule has 0 saturated heterocycles. The van der Waals surface area contributed by atoms with Crippen LogP contribution in [0.2, 0.25) is 0 Å². The van der Waals surface area contributed by atoms with Crippen molar-refractivity contribution in [3.63, 3.8) is 0 Å². The summed E-state index contributed by atoms with van der Waals surface area (Å²) >= 11 is 0. The molecule has 3 aromatic rings. The number of nitrogens with zero attached hydrogens (tertiary/aromatic N) is 5. The average Bonchev–Trinajstić information content (AvgIpc) is 2.91. The van der Waals surface area contributed by atoms with Crippen molar-refractivity contribution in [2.24, 2.45) is 0 Å². The van der Waals surface area contributed by atoms with Gasteiger partial charge in [-0.1, -0.05) is 6.42 Å². The lowest BCUT2D eigenvalue weighted by molar-refractivity contribution is 0.102. The van der Waals surface area contributed by atoms with Crippen LogP contribution in [0.15, 0.2) is 42.9 Å². The molecule has 0 unspecified atom stereocenters. The van der Waals surface area contributed by atoms with Crippen molar-refractivity contribution in [1.82, 2.24) is 24.7 Å². The van der Waals surface area contributed by atoms with Crippen molar-refractivity contribution in [3.05, 3.63) is 54.4 Å². The maximum absolute atomic E-state index is 12.1. The first kappa shape index (κ1) is 15.4. The van der Waals surface area contributed by atoms with Gasteiger partial charge in [0.05, 0.1) is 6.20 Å². The molecule has 1 N–H and O–H groups in total. The van der Waals surface area contributed by atoms with Gasteiger partial charge < -0.3 is 9.88 Å². The van der Waals surface area contributed by atoms with Crippen molar-refractivity contribution < 1.29 is 4.79 Å². The fourth-order valence-electron chi connectivity index (χ4n) is 3.01. The number of aryl methyl sites for hydroxylation is 1. The van der Waals surface area contributed by atoms with Gasteiger partial charge in [0.2, 0.25) is 0 Å². The average molecular weight is 334 g/mol. The Morgan fingerprint density at radius 1 is 1.04 bits per heavy atom. The number of carbonyl (C=O) groups is 1. The van der Waals surface area contributed by atoms with E-state index in [1.165, 1.54) is 31.4 Å². The molecular formula is C18H18N6O. The van der Waals surface area contributed by atoms with E-state index in [9.17, 15) is 4.79 Å². The van der Waals surface area contributed by atoms with E-state index in [0.29, 0.717) is 5.69 Å². The summed E-state index contributed by atoms with van der Waals surface area (Å²) in [7, 11) is 0. The second kappa shape index (κ2) is 6.80. The lowest BCUT2D eigenvalue weighted by atomic mass is 10.2. The van der Waals surface area contributed by atoms with Gasteiger partial charge in [-0.3, -0.25) is 9.78 Å². The third-order valence-electron chi connectivity index (χ3n) is 4.31. The maximum atomic E-state index is 12.1. The summed E-state index contributed by atoms with van der Waals surface area (Å²) in [6.07, 6.45) is 9.02. The minimum absolute atomic E-state index is 0.280. The molecule has 0 aliphatic carbocycles. The highest BCUT2D eigenvalue weighted by molar-refractivity contribution is 6.02. The van der Waals surface area contributed by atoms with Gasteiger partial charge >= 0.3 is 0 Å². The fourth-order valence-corrected chi connectivity index (χ4v) is 3.01. The minimum Gasteiger partial charge on any atom is -0.321 e. The zero-order valence-electron chi connectivity index (χ0n) is 13.7. The fraction of sp³-hybridized carbons (Fsp3) is 0.278. The molecule has 7 heteroatoms. The number of rotatable bonds is 3. The predicted octanol–water partition coefficient (Wildman–Crippen LogP) is 2.71. The highest BCUT2D eigenvalue weighted by atomic mass is 16.1. The SMILES string of the molecule is O=C(Nc1ccc(-c2nnc3n2CCCCC3)cc1)c1cnccn1. The molecule has 3 heterocycles. The Bertz CT molecular complexity index is 872. The molecule has 25 heavy (non-hydrogen) atoms. The van der Waals surface area contributed by atoms with Crippen molar-refractivity contribution in [2.75, 3.05) is 5.32 Å². The van der Waals surface area contributed by atoms with Gasteiger partial charge in [0, 0.05) is 36.6 Å². The van der Waals surface area contributed by atoms with E-state index in [1.54, 1.807) is 0 Å². The molecule has 1 amide bonds. The van der Waals surface area contributed by atoms with Crippen LogP contribution in [0.25, 0.3) is 11.4 Å². The summed E-state index contributed by atoms with van der Waals surface area (Å²) in [5.41, 5.74) is 1.99. The highest BCUT2D eigenvalue weighted by Crippen LogP contribution is 2.24. The Kier molecular flexibility index (Phi) is 4.20. The highest BCUT2D eigenvalue weighted by Gasteiger charge is 2.16. The first-order chi connectivity index (χ1) is 12.3. The number of carbonyl (C=O) groups excluding carboxylic acids is 1. The molecule has 1 aromatic carbocycles. The largest absolute Gasteiger partial charge is 0.321 e. The second-order valence-corrected chi connectivity index (χ2v) is 6.02. The van der Waals surface area contributed by atoms with Crippen molar-refractivity contribution >= 4 is 11.6 Å². The van der Waals surface area contributed by atoms with Crippen molar-refractivity contribution in [2.45, 2.75) is 32.2 Å². The molecule has 0 atom stereocenters. The van der Waals surface area contributed by atoms with E-state index < -0.39 is 0 Å². The summed E-state index contributed by atoms with van der Waals surface area (Å²) in [6.45, 7) is 0.961. The Labute approximate surface area is 145 Å². The molecule has 0 saturated carbocycles. The predicted molar refractivity (Wildman–Crippen MR) is 93.0 cm³/mol. The summed E-state index contributed by atoms with van der Waals surface area (Å²) in [5.74, 6) is 1.67. The molecule has 0 bridgehead atoms. The minimum atomic E-state index is -0.280. The van der Waals surface area contributed by atoms with Crippen LogP contribution in [0.1, 0.15) is 35.6 Å². The zero-order valence-corrected chi connectivity index (χ0v) is 13.7. The van der Waals surface area contributed by atoms with Crippen LogP contribution in [-0.2, 0) is 13.0 Å². The summed E-state index contributed by atoms with van der Waals surface area (Å²) in [4.78, 5) is 20.0. The zero-order chi connectivity index (χ0) is 17.1. The summed E-state index contributed by atoms with van der Waals surface area (Å²) in [6, 6.07) is 7.63. The lowest BCUT2D eigenvalue weighted by Crippen LogP contribution is -2.13. The van der Waals surface area contributed by atoms with Gasteiger partial charge in [-0.25, -0.2) is 4.98 Å². The monoisotopic (exact) mass is 334 g/mol. The van der Waals surface area contributed by atoms with E-state index in [-0.39, 0.29) is 11.6 Å². The number of hydrogen-bond acceptors (Lipinski definition) is 5. The van der Waals surface area contributed by atoms with E-state index in [4.69, 9.17) is 0 Å². The summed E-state index contributed by atoms with van der Waals surface area (Å²) < 4.78 is 2.21. The van der Waals surface area contributed by atoms with E-state index in [2.05, 4.69) is 30.0 Å². The number of benzene rings is 1. The van der Waals surface area contributed by atoms with Gasteiger partial charge in [-0.15, -0.1) is 10.2 Å². The molecular weight excluding hydrogens is 316 g/mol. The number of amides is 1. The van der Waals surface area contributed by atoms with Crippen LogP contribution in [0.3, 0.4) is 0 Å². The van der Waals surface area contributed by atoms with E-state index in [1.807, 2.05) is 24.3 Å². The number of aromatic nitrogens is 5. The van der Waals surface area contributed by atoms with Crippen LogP contribution in [0, 0.1) is 0 Å². The molecule has 1 aliphatic rings. The van der Waals surface area contributed by atoms with Gasteiger partial charge in [0.25, 0.3) is 5.91 Å². The molecule has 7 nitrogen and oxygen atoms in total. The Morgan fingerprint density at radius 2 is 1.92 bits per heavy atom. The van der Waals surface area contributed by atoms with Crippen molar-refractivity contribution in [1.29, 1.82) is 0 Å². The number of hydrogen-bond donors (Lipinski definition) is 1. The number of fused-ring (bicyclic) bond motifs is 1. The van der Waals surface area contributed by atoms with Crippen LogP contribution < -0.4 is 5.32 Å². The lowest BCUT2D eigenvalue weighted by Gasteiger charge is -2.08. The summed E-state index contributed by atoms with van der Waals surface area (Å²) in [5, 5.41) is 11.5. The molecule has 0 fully saturated rings. The van der Waals surface area contributed by atoms with E-state index in [0.717, 1.165) is 36.6 Å². The normalized spacial score (nSPS) is 13.8. The number of nitrogens with one attached hydrogen (secondary N) is 1. The molecule has 126 valence electrons. The Balaban J connectivity index is 1.53. The maximum Gasteiger partial charge on any atom is 0.275 e. The smallest absolute Gasteiger partial charge is 0.275 e. The van der Waals surface area contributed by atoms with Crippen LogP contribution in [0.4, 0.5) is 5.69 Å². The molecule has 2 aromatic heterocycles. The van der Waals surface area contributed by atoms with Gasteiger partial charge in [0.1, 0.15) is 11.5 Å². The third kappa shape index (κ3) is 3.26. The second-order valence-electron chi connectivity index (χ2n) is 6.02. The topological polar surface area (TPSA) is 85.6 Å².